The Balaban J connectivity index is 1.42. The fourth-order valence-corrected chi connectivity index (χ4v) is 4.95. The number of hydrogen-bond acceptors (Lipinski definition) is 7. The van der Waals surface area contributed by atoms with Crippen molar-refractivity contribution in [2.75, 3.05) is 25.6 Å². The van der Waals surface area contributed by atoms with Crippen molar-refractivity contribution in [1.29, 1.82) is 0 Å². The van der Waals surface area contributed by atoms with E-state index in [9.17, 15) is 4.79 Å². The van der Waals surface area contributed by atoms with Gasteiger partial charge in [-0.3, -0.25) is 4.79 Å². The molecule has 0 spiro atoms. The van der Waals surface area contributed by atoms with Crippen LogP contribution >= 0.6 is 11.3 Å². The number of anilines is 1. The van der Waals surface area contributed by atoms with Gasteiger partial charge < -0.3 is 24.4 Å². The molecule has 2 aromatic carbocycles. The first-order valence-electron chi connectivity index (χ1n) is 11.1. The van der Waals surface area contributed by atoms with E-state index in [1.807, 2.05) is 59.7 Å². The Morgan fingerprint density at radius 1 is 1.24 bits per heavy atom. The molecular formula is C25H27N3O4S. The highest BCUT2D eigenvalue weighted by atomic mass is 32.1. The zero-order chi connectivity index (χ0) is 22.8. The Hall–Kier alpha value is -3.10. The van der Waals surface area contributed by atoms with Gasteiger partial charge in [0.1, 0.15) is 12.8 Å². The average Bonchev–Trinajstić information content (AvgIpc) is 3.51. The second-order valence-corrected chi connectivity index (χ2v) is 9.30. The van der Waals surface area contributed by atoms with Crippen LogP contribution in [0.3, 0.4) is 0 Å². The smallest absolute Gasteiger partial charge is 0.257 e. The molecule has 1 saturated heterocycles. The number of para-hydroxylation sites is 1. The van der Waals surface area contributed by atoms with Crippen LogP contribution < -0.4 is 14.8 Å². The number of aryl methyl sites for hydroxylation is 1. The topological polar surface area (TPSA) is 72.9 Å². The third kappa shape index (κ3) is 4.54. The van der Waals surface area contributed by atoms with Crippen LogP contribution in [-0.4, -0.2) is 42.2 Å². The molecule has 0 aliphatic carbocycles. The van der Waals surface area contributed by atoms with Crippen molar-refractivity contribution in [1.82, 2.24) is 9.88 Å². The number of aromatic nitrogens is 1. The SMILES string of the molecule is COc1cc([C@@H]2Nc3ccccc3C(=O)N2C[C@@H]2CCCO2)ccc1OCc1csc(C)n1. The summed E-state index contributed by atoms with van der Waals surface area (Å²) in [6, 6.07) is 13.4. The van der Waals surface area contributed by atoms with E-state index in [0.29, 0.717) is 30.2 Å². The van der Waals surface area contributed by atoms with E-state index >= 15 is 0 Å². The third-order valence-electron chi connectivity index (χ3n) is 5.99. The number of benzene rings is 2. The van der Waals surface area contributed by atoms with Crippen LogP contribution in [0.5, 0.6) is 11.5 Å². The fourth-order valence-electron chi connectivity index (χ4n) is 4.35. The number of nitrogens with zero attached hydrogens (tertiary/aromatic N) is 2. The van der Waals surface area contributed by atoms with Crippen molar-refractivity contribution in [3.63, 3.8) is 0 Å². The monoisotopic (exact) mass is 465 g/mol. The summed E-state index contributed by atoms with van der Waals surface area (Å²) in [5.74, 6) is 1.26. The van der Waals surface area contributed by atoms with Crippen LogP contribution in [0.4, 0.5) is 5.69 Å². The van der Waals surface area contributed by atoms with Gasteiger partial charge in [0.2, 0.25) is 0 Å². The van der Waals surface area contributed by atoms with Gasteiger partial charge in [-0.25, -0.2) is 4.98 Å². The molecule has 0 bridgehead atoms. The van der Waals surface area contributed by atoms with Gasteiger partial charge in [0.05, 0.1) is 29.5 Å². The molecule has 0 saturated carbocycles. The molecular weight excluding hydrogens is 438 g/mol. The summed E-state index contributed by atoms with van der Waals surface area (Å²) in [4.78, 5) is 19.8. The van der Waals surface area contributed by atoms with Crippen molar-refractivity contribution >= 4 is 22.9 Å². The minimum atomic E-state index is -0.333. The molecule has 1 aromatic heterocycles. The van der Waals surface area contributed by atoms with Gasteiger partial charge in [0.25, 0.3) is 5.91 Å². The number of rotatable bonds is 7. The number of carbonyl (C=O) groups is 1. The Morgan fingerprint density at radius 3 is 2.88 bits per heavy atom. The lowest BCUT2D eigenvalue weighted by Gasteiger charge is -2.39. The molecule has 2 atom stereocenters. The quantitative estimate of drug-likeness (QED) is 0.541. The van der Waals surface area contributed by atoms with Crippen molar-refractivity contribution in [2.24, 2.45) is 0 Å². The van der Waals surface area contributed by atoms with Crippen molar-refractivity contribution in [2.45, 2.75) is 38.6 Å². The number of fused-ring (bicyclic) bond motifs is 1. The van der Waals surface area contributed by atoms with Crippen molar-refractivity contribution in [3.8, 4) is 11.5 Å². The maximum Gasteiger partial charge on any atom is 0.257 e. The zero-order valence-electron chi connectivity index (χ0n) is 18.7. The van der Waals surface area contributed by atoms with Crippen LogP contribution in [0.15, 0.2) is 47.8 Å². The molecule has 3 heterocycles. The van der Waals surface area contributed by atoms with Gasteiger partial charge in [-0.1, -0.05) is 18.2 Å². The Labute approximate surface area is 197 Å². The summed E-state index contributed by atoms with van der Waals surface area (Å²) < 4.78 is 17.5. The number of thiazole rings is 1. The van der Waals surface area contributed by atoms with E-state index in [0.717, 1.165) is 41.4 Å². The van der Waals surface area contributed by atoms with Gasteiger partial charge in [0, 0.05) is 24.2 Å². The average molecular weight is 466 g/mol. The molecule has 5 rings (SSSR count). The van der Waals surface area contributed by atoms with Crippen molar-refractivity contribution < 1.29 is 19.0 Å². The largest absolute Gasteiger partial charge is 0.493 e. The fraction of sp³-hybridized carbons (Fsp3) is 0.360. The summed E-state index contributed by atoms with van der Waals surface area (Å²) in [5.41, 5.74) is 3.32. The van der Waals surface area contributed by atoms with Crippen molar-refractivity contribution in [3.05, 3.63) is 69.7 Å². The first kappa shape index (κ1) is 21.7. The van der Waals surface area contributed by atoms with Crippen LogP contribution in [0.2, 0.25) is 0 Å². The summed E-state index contributed by atoms with van der Waals surface area (Å²) in [6.07, 6.45) is 1.71. The molecule has 8 heteroatoms. The van der Waals surface area contributed by atoms with Gasteiger partial charge in [-0.2, -0.15) is 0 Å². The van der Waals surface area contributed by atoms with Gasteiger partial charge in [-0.05, 0) is 49.6 Å². The number of amides is 1. The Morgan fingerprint density at radius 2 is 2.12 bits per heavy atom. The van der Waals surface area contributed by atoms with E-state index in [1.165, 1.54) is 0 Å². The second-order valence-electron chi connectivity index (χ2n) is 8.24. The molecule has 33 heavy (non-hydrogen) atoms. The molecule has 1 amide bonds. The summed E-state index contributed by atoms with van der Waals surface area (Å²) in [7, 11) is 1.62. The molecule has 0 unspecified atom stereocenters. The number of hydrogen-bond donors (Lipinski definition) is 1. The molecule has 172 valence electrons. The second kappa shape index (κ2) is 9.41. The molecule has 2 aliphatic rings. The first-order valence-corrected chi connectivity index (χ1v) is 12.0. The van der Waals surface area contributed by atoms with E-state index in [2.05, 4.69) is 10.3 Å². The van der Waals surface area contributed by atoms with Gasteiger partial charge in [0.15, 0.2) is 11.5 Å². The lowest BCUT2D eigenvalue weighted by atomic mass is 10.0. The number of nitrogens with one attached hydrogen (secondary N) is 1. The maximum absolute atomic E-state index is 13.4. The highest BCUT2D eigenvalue weighted by molar-refractivity contribution is 7.09. The normalized spacial score (nSPS) is 19.8. The van der Waals surface area contributed by atoms with E-state index in [1.54, 1.807) is 18.4 Å². The van der Waals surface area contributed by atoms with Gasteiger partial charge >= 0.3 is 0 Å². The van der Waals surface area contributed by atoms with Crippen LogP contribution in [-0.2, 0) is 11.3 Å². The highest BCUT2D eigenvalue weighted by Crippen LogP contribution is 2.37. The summed E-state index contributed by atoms with van der Waals surface area (Å²) in [6.45, 7) is 3.63. The molecule has 2 aliphatic heterocycles. The van der Waals surface area contributed by atoms with Crippen LogP contribution in [0, 0.1) is 6.92 Å². The predicted octanol–water partition coefficient (Wildman–Crippen LogP) is 4.78. The van der Waals surface area contributed by atoms with Crippen LogP contribution in [0.25, 0.3) is 0 Å². The van der Waals surface area contributed by atoms with E-state index < -0.39 is 0 Å². The third-order valence-corrected chi connectivity index (χ3v) is 6.81. The number of carbonyl (C=O) groups excluding carboxylic acids is 1. The molecule has 1 fully saturated rings. The lowest BCUT2D eigenvalue weighted by molar-refractivity contribution is 0.0426. The standard InChI is InChI=1S/C25H27N3O4S/c1-16-26-18(15-33-16)14-32-22-10-9-17(12-23(22)30-2)24-27-21-8-4-3-7-20(21)25(29)28(24)13-19-6-5-11-31-19/h3-4,7-10,12,15,19,24,27H,5-6,11,13-14H2,1-2H3/t19-,24+/m0/s1. The summed E-state index contributed by atoms with van der Waals surface area (Å²) in [5, 5.41) is 6.55. The van der Waals surface area contributed by atoms with Gasteiger partial charge in [-0.15, -0.1) is 11.3 Å². The Bertz CT molecular complexity index is 1140. The molecule has 7 nitrogen and oxygen atoms in total. The van der Waals surface area contributed by atoms with Crippen LogP contribution in [0.1, 0.15) is 45.6 Å². The lowest BCUT2D eigenvalue weighted by Crippen LogP contribution is -2.46. The predicted molar refractivity (Wildman–Crippen MR) is 127 cm³/mol. The van der Waals surface area contributed by atoms with E-state index in [4.69, 9.17) is 14.2 Å². The molecule has 1 N–H and O–H groups in total. The Kier molecular flexibility index (Phi) is 6.20. The summed E-state index contributed by atoms with van der Waals surface area (Å²) >= 11 is 1.60. The minimum absolute atomic E-state index is 0.00282. The minimum Gasteiger partial charge on any atom is -0.493 e. The molecule has 3 aromatic rings. The molecule has 0 radical (unpaired) electrons. The van der Waals surface area contributed by atoms with E-state index in [-0.39, 0.29) is 18.2 Å². The number of ether oxygens (including phenoxy) is 3. The number of methoxy groups -OCH3 is 1. The highest BCUT2D eigenvalue weighted by Gasteiger charge is 2.35. The zero-order valence-corrected chi connectivity index (χ0v) is 19.6. The maximum atomic E-state index is 13.4. The first-order chi connectivity index (χ1) is 16.1.